The Bertz CT molecular complexity index is 570. The Hall–Kier alpha value is -1.73. The monoisotopic (exact) mass is 280 g/mol. The average molecular weight is 280 g/mol. The number of hydrogen-bond donors (Lipinski definition) is 1. The first kappa shape index (κ1) is 13.7. The van der Waals surface area contributed by atoms with Crippen LogP contribution in [-0.4, -0.2) is 59.7 Å². The summed E-state index contributed by atoms with van der Waals surface area (Å²) in [5, 5.41) is 11.9. The van der Waals surface area contributed by atoms with Crippen molar-refractivity contribution in [3.63, 3.8) is 0 Å². The van der Waals surface area contributed by atoms with E-state index in [0.717, 1.165) is 16.8 Å². The quantitative estimate of drug-likeness (QED) is 0.856. The molecular formula is C12H16N4O2S. The van der Waals surface area contributed by atoms with E-state index in [4.69, 9.17) is 5.11 Å². The molecule has 2 heterocycles. The van der Waals surface area contributed by atoms with Crippen molar-refractivity contribution in [3.05, 3.63) is 17.6 Å². The van der Waals surface area contributed by atoms with E-state index in [1.54, 1.807) is 11.1 Å². The van der Waals surface area contributed by atoms with E-state index < -0.39 is 5.97 Å². The molecule has 0 aliphatic carbocycles. The summed E-state index contributed by atoms with van der Waals surface area (Å²) in [6.45, 7) is 1.24. The molecule has 7 heteroatoms. The minimum atomic E-state index is -0.881. The largest absolute Gasteiger partial charge is 0.480 e. The normalized spacial score (nSPS) is 11.1. The van der Waals surface area contributed by atoms with Crippen molar-refractivity contribution < 1.29 is 9.90 Å². The molecule has 2 aromatic rings. The molecular weight excluding hydrogens is 264 g/mol. The van der Waals surface area contributed by atoms with Crippen LogP contribution in [0.4, 0.5) is 5.95 Å². The zero-order valence-electron chi connectivity index (χ0n) is 10.9. The first-order valence-corrected chi connectivity index (χ1v) is 6.76. The number of aliphatic carboxylic acids is 1. The Balaban J connectivity index is 2.21. The lowest BCUT2D eigenvalue weighted by molar-refractivity contribution is -0.135. The van der Waals surface area contributed by atoms with E-state index in [9.17, 15) is 4.79 Å². The summed E-state index contributed by atoms with van der Waals surface area (Å²) >= 11 is 1.53. The van der Waals surface area contributed by atoms with Crippen molar-refractivity contribution in [2.24, 2.45) is 0 Å². The molecule has 0 aliphatic rings. The van der Waals surface area contributed by atoms with Crippen LogP contribution < -0.4 is 4.90 Å². The maximum atomic E-state index is 10.9. The Morgan fingerprint density at radius 1 is 1.42 bits per heavy atom. The predicted molar refractivity (Wildman–Crippen MR) is 75.8 cm³/mol. The maximum Gasteiger partial charge on any atom is 0.323 e. The summed E-state index contributed by atoms with van der Waals surface area (Å²) in [5.41, 5.74) is 0. The second-order valence-corrected chi connectivity index (χ2v) is 5.36. The standard InChI is InChI=1S/C12H16N4O2S/c1-15(2)4-5-16(8-10(17)18)12-13-7-9-3-6-19-11(9)14-12/h3,6-7H,4-5,8H2,1-2H3,(H,17,18). The third-order valence-corrected chi connectivity index (χ3v) is 3.44. The van der Waals surface area contributed by atoms with Gasteiger partial charge in [0.25, 0.3) is 0 Å². The second-order valence-electron chi connectivity index (χ2n) is 4.47. The van der Waals surface area contributed by atoms with Gasteiger partial charge in [-0.2, -0.15) is 0 Å². The molecule has 6 nitrogen and oxygen atoms in total. The van der Waals surface area contributed by atoms with Crippen LogP contribution in [0.1, 0.15) is 0 Å². The summed E-state index contributed by atoms with van der Waals surface area (Å²) < 4.78 is 0. The fourth-order valence-corrected chi connectivity index (χ4v) is 2.37. The van der Waals surface area contributed by atoms with Crippen molar-refractivity contribution in [1.82, 2.24) is 14.9 Å². The Morgan fingerprint density at radius 2 is 2.21 bits per heavy atom. The molecule has 2 rings (SSSR count). The van der Waals surface area contributed by atoms with Gasteiger partial charge in [-0.1, -0.05) is 0 Å². The van der Waals surface area contributed by atoms with Crippen molar-refractivity contribution >= 4 is 33.5 Å². The van der Waals surface area contributed by atoms with Crippen LogP contribution in [0, 0.1) is 0 Å². The van der Waals surface area contributed by atoms with Crippen LogP contribution in [-0.2, 0) is 4.79 Å². The molecule has 0 bridgehead atoms. The van der Waals surface area contributed by atoms with Gasteiger partial charge in [0.1, 0.15) is 11.4 Å². The lowest BCUT2D eigenvalue weighted by Crippen LogP contribution is -2.36. The van der Waals surface area contributed by atoms with Gasteiger partial charge in [0.05, 0.1) is 0 Å². The molecule has 1 N–H and O–H groups in total. The van der Waals surface area contributed by atoms with Gasteiger partial charge in [-0.15, -0.1) is 11.3 Å². The van der Waals surface area contributed by atoms with Crippen LogP contribution in [0.3, 0.4) is 0 Å². The number of thiophene rings is 1. The van der Waals surface area contributed by atoms with Crippen LogP contribution in [0.25, 0.3) is 10.2 Å². The van der Waals surface area contributed by atoms with Crippen LogP contribution in [0.2, 0.25) is 0 Å². The lowest BCUT2D eigenvalue weighted by Gasteiger charge is -2.22. The SMILES string of the molecule is CN(C)CCN(CC(=O)O)c1ncc2ccsc2n1. The minimum Gasteiger partial charge on any atom is -0.480 e. The third-order valence-electron chi connectivity index (χ3n) is 2.62. The van der Waals surface area contributed by atoms with Gasteiger partial charge in [-0.25, -0.2) is 9.97 Å². The molecule has 0 spiro atoms. The van der Waals surface area contributed by atoms with E-state index in [1.807, 2.05) is 30.4 Å². The van der Waals surface area contributed by atoms with Gasteiger partial charge in [-0.3, -0.25) is 4.79 Å². The number of carboxylic acid groups (broad SMARTS) is 1. The topological polar surface area (TPSA) is 69.6 Å². The molecule has 0 saturated heterocycles. The Kier molecular flexibility index (Phi) is 4.28. The van der Waals surface area contributed by atoms with Gasteiger partial charge < -0.3 is 14.9 Å². The van der Waals surface area contributed by atoms with Crippen molar-refractivity contribution in [1.29, 1.82) is 0 Å². The van der Waals surface area contributed by atoms with E-state index >= 15 is 0 Å². The number of rotatable bonds is 6. The predicted octanol–water partition coefficient (Wildman–Crippen LogP) is 1.14. The molecule has 0 radical (unpaired) electrons. The highest BCUT2D eigenvalue weighted by molar-refractivity contribution is 7.16. The summed E-state index contributed by atoms with van der Waals surface area (Å²) in [6, 6.07) is 1.95. The highest BCUT2D eigenvalue weighted by Gasteiger charge is 2.14. The number of fused-ring (bicyclic) bond motifs is 1. The van der Waals surface area contributed by atoms with Crippen LogP contribution >= 0.6 is 11.3 Å². The van der Waals surface area contributed by atoms with Crippen LogP contribution in [0.5, 0.6) is 0 Å². The van der Waals surface area contributed by atoms with Crippen LogP contribution in [0.15, 0.2) is 17.6 Å². The van der Waals surface area contributed by atoms with Crippen molar-refractivity contribution in [2.45, 2.75) is 0 Å². The number of hydrogen-bond acceptors (Lipinski definition) is 6. The second kappa shape index (κ2) is 5.94. The fourth-order valence-electron chi connectivity index (χ4n) is 1.63. The highest BCUT2D eigenvalue weighted by atomic mass is 32.1. The average Bonchev–Trinajstić information content (AvgIpc) is 2.80. The van der Waals surface area contributed by atoms with Gasteiger partial charge >= 0.3 is 5.97 Å². The molecule has 0 aromatic carbocycles. The zero-order valence-corrected chi connectivity index (χ0v) is 11.7. The van der Waals surface area contributed by atoms with Crippen molar-refractivity contribution in [2.75, 3.05) is 38.6 Å². The zero-order chi connectivity index (χ0) is 13.8. The highest BCUT2D eigenvalue weighted by Crippen LogP contribution is 2.20. The summed E-state index contributed by atoms with van der Waals surface area (Å²) in [5.74, 6) is -0.409. The van der Waals surface area contributed by atoms with Gasteiger partial charge in [0.2, 0.25) is 5.95 Å². The maximum absolute atomic E-state index is 10.9. The Labute approximate surface area is 115 Å². The molecule has 0 aliphatic heterocycles. The molecule has 0 atom stereocenters. The number of anilines is 1. The molecule has 0 amide bonds. The molecule has 0 unspecified atom stereocenters. The number of aromatic nitrogens is 2. The number of carbonyl (C=O) groups is 1. The third kappa shape index (κ3) is 3.62. The molecule has 102 valence electrons. The summed E-state index contributed by atoms with van der Waals surface area (Å²) in [7, 11) is 3.89. The smallest absolute Gasteiger partial charge is 0.323 e. The van der Waals surface area contributed by atoms with E-state index in [1.165, 1.54) is 11.3 Å². The molecule has 0 fully saturated rings. The van der Waals surface area contributed by atoms with Gasteiger partial charge in [-0.05, 0) is 25.5 Å². The van der Waals surface area contributed by atoms with E-state index in [0.29, 0.717) is 12.5 Å². The summed E-state index contributed by atoms with van der Waals surface area (Å²) in [6.07, 6.45) is 1.73. The Morgan fingerprint density at radius 3 is 2.89 bits per heavy atom. The molecule has 0 saturated carbocycles. The number of likely N-dealkylation sites (N-methyl/N-ethyl adjacent to an activating group) is 1. The number of nitrogens with zero attached hydrogens (tertiary/aromatic N) is 4. The van der Waals surface area contributed by atoms with Gasteiger partial charge in [0.15, 0.2) is 0 Å². The molecule has 2 aromatic heterocycles. The number of carboxylic acids is 1. The minimum absolute atomic E-state index is 0.0925. The first-order valence-electron chi connectivity index (χ1n) is 5.88. The lowest BCUT2D eigenvalue weighted by atomic mass is 10.4. The molecule has 19 heavy (non-hydrogen) atoms. The van der Waals surface area contributed by atoms with E-state index in [2.05, 4.69) is 9.97 Å². The fraction of sp³-hybridized carbons (Fsp3) is 0.417. The first-order chi connectivity index (χ1) is 9.06. The van der Waals surface area contributed by atoms with Crippen molar-refractivity contribution in [3.8, 4) is 0 Å². The summed E-state index contributed by atoms with van der Waals surface area (Å²) in [4.78, 5) is 24.2. The van der Waals surface area contributed by atoms with Gasteiger partial charge in [0, 0.05) is 24.7 Å². The van der Waals surface area contributed by atoms with E-state index in [-0.39, 0.29) is 6.54 Å².